The number of aromatic nitrogens is 1. The minimum Gasteiger partial charge on any atom is -0.497 e. The van der Waals surface area contributed by atoms with Crippen molar-refractivity contribution in [2.45, 2.75) is 6.92 Å². The zero-order valence-electron chi connectivity index (χ0n) is 9.56. The fourth-order valence-electron chi connectivity index (χ4n) is 1.65. The normalized spacial score (nSPS) is 11.8. The van der Waals surface area contributed by atoms with Gasteiger partial charge in [0.15, 0.2) is 0 Å². The number of H-pyrrole nitrogens is 1. The minimum absolute atomic E-state index is 0.105. The van der Waals surface area contributed by atoms with Crippen LogP contribution in [-0.4, -0.2) is 17.0 Å². The summed E-state index contributed by atoms with van der Waals surface area (Å²) in [6, 6.07) is 5.57. The number of nitrogens with zero attached hydrogens (tertiary/aromatic N) is 1. The number of ether oxygens (including phenoxy) is 1. The van der Waals surface area contributed by atoms with Gasteiger partial charge in [-0.25, -0.2) is 0 Å². The number of benzene rings is 1. The molecule has 0 aliphatic rings. The van der Waals surface area contributed by atoms with Crippen LogP contribution >= 0.6 is 0 Å². The highest BCUT2D eigenvalue weighted by molar-refractivity contribution is 5.90. The molecule has 1 heterocycles. The van der Waals surface area contributed by atoms with Crippen LogP contribution in [0.4, 0.5) is 0 Å². The molecule has 0 unspecified atom stereocenters. The van der Waals surface area contributed by atoms with E-state index in [4.69, 9.17) is 4.74 Å². The van der Waals surface area contributed by atoms with Gasteiger partial charge in [-0.3, -0.25) is 10.1 Å². The van der Waals surface area contributed by atoms with Gasteiger partial charge in [-0.15, -0.1) is 0 Å². The molecule has 5 heteroatoms. The fourth-order valence-corrected chi connectivity index (χ4v) is 1.65. The molecule has 1 aromatic carbocycles. The highest BCUT2D eigenvalue weighted by atomic mass is 16.6. The molecule has 88 valence electrons. The first kappa shape index (κ1) is 11.2. The van der Waals surface area contributed by atoms with Crippen molar-refractivity contribution in [3.8, 4) is 5.75 Å². The minimum atomic E-state index is -0.404. The van der Waals surface area contributed by atoms with Crippen LogP contribution in [0.15, 0.2) is 30.1 Å². The largest absolute Gasteiger partial charge is 0.497 e. The van der Waals surface area contributed by atoms with E-state index in [1.54, 1.807) is 13.3 Å². The Kier molecular flexibility index (Phi) is 2.82. The molecule has 0 saturated carbocycles. The third-order valence-corrected chi connectivity index (χ3v) is 2.57. The molecule has 0 atom stereocenters. The van der Waals surface area contributed by atoms with Crippen LogP contribution in [0.5, 0.6) is 5.75 Å². The molecule has 0 aliphatic carbocycles. The van der Waals surface area contributed by atoms with Crippen molar-refractivity contribution in [3.05, 3.63) is 45.8 Å². The molecule has 0 amide bonds. The first-order valence-electron chi connectivity index (χ1n) is 5.09. The zero-order valence-corrected chi connectivity index (χ0v) is 9.56. The van der Waals surface area contributed by atoms with Crippen molar-refractivity contribution in [1.29, 1.82) is 0 Å². The van der Waals surface area contributed by atoms with Crippen LogP contribution in [0.3, 0.4) is 0 Å². The third kappa shape index (κ3) is 2.13. The van der Waals surface area contributed by atoms with Crippen molar-refractivity contribution < 1.29 is 9.66 Å². The monoisotopic (exact) mass is 232 g/mol. The fraction of sp³-hybridized carbons (Fsp3) is 0.167. The Morgan fingerprint density at radius 1 is 1.53 bits per heavy atom. The number of methoxy groups -OCH3 is 1. The van der Waals surface area contributed by atoms with Gasteiger partial charge in [0, 0.05) is 35.7 Å². The summed E-state index contributed by atoms with van der Waals surface area (Å²) in [6.07, 6.45) is 3.29. The lowest BCUT2D eigenvalue weighted by atomic mass is 10.1. The zero-order chi connectivity index (χ0) is 12.4. The molecule has 0 fully saturated rings. The van der Waals surface area contributed by atoms with Crippen LogP contribution in [0.1, 0.15) is 12.5 Å². The number of fused-ring (bicyclic) bond motifs is 1. The van der Waals surface area contributed by atoms with Gasteiger partial charge in [-0.1, -0.05) is 0 Å². The first-order valence-corrected chi connectivity index (χ1v) is 5.09. The Balaban J connectivity index is 2.55. The number of aromatic amines is 1. The van der Waals surface area contributed by atoms with E-state index in [0.29, 0.717) is 0 Å². The molecule has 5 nitrogen and oxygen atoms in total. The topological polar surface area (TPSA) is 68.2 Å². The van der Waals surface area contributed by atoms with E-state index >= 15 is 0 Å². The third-order valence-electron chi connectivity index (χ3n) is 2.57. The van der Waals surface area contributed by atoms with Crippen LogP contribution in [0.2, 0.25) is 0 Å². The van der Waals surface area contributed by atoms with Crippen molar-refractivity contribution in [2.75, 3.05) is 7.11 Å². The Bertz CT molecular complexity index is 599. The lowest BCUT2D eigenvalue weighted by Gasteiger charge is -1.99. The van der Waals surface area contributed by atoms with Crippen molar-refractivity contribution in [3.63, 3.8) is 0 Å². The van der Waals surface area contributed by atoms with Crippen LogP contribution in [0, 0.1) is 10.1 Å². The summed E-state index contributed by atoms with van der Waals surface area (Å²) in [5, 5.41) is 11.5. The van der Waals surface area contributed by atoms with Gasteiger partial charge >= 0.3 is 0 Å². The second kappa shape index (κ2) is 4.29. The standard InChI is InChI=1S/C12H12N2O3/c1-8(14(15)16)5-9-7-13-12-4-3-10(17-2)6-11(9)12/h3-7,13H,1-2H3/b8-5+. The molecular formula is C12H12N2O3. The summed E-state index contributed by atoms with van der Waals surface area (Å²) in [5.74, 6) is 0.727. The van der Waals surface area contributed by atoms with E-state index in [2.05, 4.69) is 4.98 Å². The van der Waals surface area contributed by atoms with Crippen molar-refractivity contribution in [2.24, 2.45) is 0 Å². The lowest BCUT2D eigenvalue weighted by molar-refractivity contribution is -0.422. The molecule has 2 rings (SSSR count). The second-order valence-electron chi connectivity index (χ2n) is 3.70. The maximum Gasteiger partial charge on any atom is 0.243 e. The van der Waals surface area contributed by atoms with Crippen LogP contribution < -0.4 is 4.74 Å². The van der Waals surface area contributed by atoms with E-state index in [9.17, 15) is 10.1 Å². The van der Waals surface area contributed by atoms with Gasteiger partial charge in [-0.05, 0) is 18.2 Å². The predicted molar refractivity (Wildman–Crippen MR) is 65.5 cm³/mol. The molecular weight excluding hydrogens is 220 g/mol. The Labute approximate surface area is 97.9 Å². The van der Waals surface area contributed by atoms with Crippen LogP contribution in [0.25, 0.3) is 17.0 Å². The van der Waals surface area contributed by atoms with E-state index in [1.165, 1.54) is 13.0 Å². The maximum absolute atomic E-state index is 10.6. The number of allylic oxidation sites excluding steroid dienone is 1. The molecule has 17 heavy (non-hydrogen) atoms. The highest BCUT2D eigenvalue weighted by Gasteiger charge is 2.07. The van der Waals surface area contributed by atoms with Gasteiger partial charge in [-0.2, -0.15) is 0 Å². The smallest absolute Gasteiger partial charge is 0.243 e. The average Bonchev–Trinajstić information content (AvgIpc) is 2.71. The number of nitrogens with one attached hydrogen (secondary N) is 1. The number of rotatable bonds is 3. The Hall–Kier alpha value is -2.30. The summed E-state index contributed by atoms with van der Waals surface area (Å²) in [6.45, 7) is 1.47. The Morgan fingerprint density at radius 3 is 2.94 bits per heavy atom. The molecule has 1 N–H and O–H groups in total. The van der Waals surface area contributed by atoms with Gasteiger partial charge in [0.1, 0.15) is 5.75 Å². The highest BCUT2D eigenvalue weighted by Crippen LogP contribution is 2.25. The van der Waals surface area contributed by atoms with Gasteiger partial charge in [0.2, 0.25) is 5.70 Å². The van der Waals surface area contributed by atoms with E-state index in [1.807, 2.05) is 18.2 Å². The second-order valence-corrected chi connectivity index (χ2v) is 3.70. The van der Waals surface area contributed by atoms with Crippen molar-refractivity contribution in [1.82, 2.24) is 4.98 Å². The van der Waals surface area contributed by atoms with Crippen molar-refractivity contribution >= 4 is 17.0 Å². The SMILES string of the molecule is COc1ccc2[nH]cc(/C=C(\C)[N+](=O)[O-])c2c1. The molecule has 0 spiro atoms. The quantitative estimate of drug-likeness (QED) is 0.653. The maximum atomic E-state index is 10.6. The van der Waals surface area contributed by atoms with Gasteiger partial charge < -0.3 is 9.72 Å². The molecule has 2 aromatic rings. The van der Waals surface area contributed by atoms with Gasteiger partial charge in [0.25, 0.3) is 0 Å². The predicted octanol–water partition coefficient (Wildman–Crippen LogP) is 2.81. The summed E-state index contributed by atoms with van der Waals surface area (Å²) >= 11 is 0. The molecule has 0 saturated heterocycles. The van der Waals surface area contributed by atoms with E-state index in [0.717, 1.165) is 22.2 Å². The summed E-state index contributed by atoms with van der Waals surface area (Å²) in [4.78, 5) is 13.2. The molecule has 0 radical (unpaired) electrons. The number of nitro groups is 1. The summed E-state index contributed by atoms with van der Waals surface area (Å²) in [5.41, 5.74) is 1.81. The summed E-state index contributed by atoms with van der Waals surface area (Å²) in [7, 11) is 1.59. The lowest BCUT2D eigenvalue weighted by Crippen LogP contribution is -1.92. The van der Waals surface area contributed by atoms with E-state index in [-0.39, 0.29) is 5.70 Å². The molecule has 0 aliphatic heterocycles. The van der Waals surface area contributed by atoms with E-state index < -0.39 is 4.92 Å². The summed E-state index contributed by atoms with van der Waals surface area (Å²) < 4.78 is 5.13. The molecule has 1 aromatic heterocycles. The molecule has 0 bridgehead atoms. The Morgan fingerprint density at radius 2 is 2.29 bits per heavy atom. The van der Waals surface area contributed by atoms with Crippen LogP contribution in [-0.2, 0) is 0 Å². The first-order chi connectivity index (χ1) is 8.11. The average molecular weight is 232 g/mol. The number of hydrogen-bond acceptors (Lipinski definition) is 3. The number of hydrogen-bond donors (Lipinski definition) is 1. The van der Waals surface area contributed by atoms with Gasteiger partial charge in [0.05, 0.1) is 12.0 Å².